The summed E-state index contributed by atoms with van der Waals surface area (Å²) >= 11 is 0. The molecular weight excluding hydrogens is 226 g/mol. The molecule has 5 nitrogen and oxygen atoms in total. The molecule has 2 heterocycles. The maximum absolute atomic E-state index is 5.89. The maximum Gasteiger partial charge on any atom is 0.0954 e. The first-order chi connectivity index (χ1) is 8.76. The van der Waals surface area contributed by atoms with Crippen molar-refractivity contribution < 1.29 is 0 Å². The summed E-state index contributed by atoms with van der Waals surface area (Å²) < 4.78 is 3.98. The van der Waals surface area contributed by atoms with Gasteiger partial charge in [-0.25, -0.2) is 4.98 Å². The van der Waals surface area contributed by atoms with Crippen LogP contribution in [0.25, 0.3) is 11.3 Å². The van der Waals surface area contributed by atoms with Crippen LogP contribution in [0.5, 0.6) is 0 Å². The van der Waals surface area contributed by atoms with Crippen molar-refractivity contribution in [3.05, 3.63) is 24.9 Å². The molecule has 5 heteroatoms. The molecule has 18 heavy (non-hydrogen) atoms. The van der Waals surface area contributed by atoms with Gasteiger partial charge in [-0.1, -0.05) is 19.8 Å². The zero-order valence-corrected chi connectivity index (χ0v) is 11.1. The van der Waals surface area contributed by atoms with Crippen LogP contribution in [-0.4, -0.2) is 25.9 Å². The quantitative estimate of drug-likeness (QED) is 0.849. The number of unbranched alkanes of at least 4 members (excludes halogenated alkanes) is 1. The summed E-state index contributed by atoms with van der Waals surface area (Å²) in [7, 11) is 1.92. The van der Waals surface area contributed by atoms with Crippen LogP contribution in [-0.2, 0) is 7.05 Å². The highest BCUT2D eigenvalue weighted by Gasteiger charge is 2.14. The van der Waals surface area contributed by atoms with E-state index in [2.05, 4.69) is 21.6 Å². The van der Waals surface area contributed by atoms with E-state index >= 15 is 0 Å². The van der Waals surface area contributed by atoms with Gasteiger partial charge in [0.05, 0.1) is 24.4 Å². The van der Waals surface area contributed by atoms with Crippen molar-refractivity contribution in [2.24, 2.45) is 12.8 Å². The number of imidazole rings is 1. The van der Waals surface area contributed by atoms with E-state index in [1.807, 2.05) is 32.0 Å². The normalized spacial score (nSPS) is 12.8. The third kappa shape index (κ3) is 2.61. The van der Waals surface area contributed by atoms with Crippen LogP contribution >= 0.6 is 0 Å². The Morgan fingerprint density at radius 3 is 2.83 bits per heavy atom. The molecule has 98 valence electrons. The smallest absolute Gasteiger partial charge is 0.0954 e. The summed E-state index contributed by atoms with van der Waals surface area (Å²) in [6.07, 6.45) is 11.1. The number of nitrogens with zero attached hydrogens (tertiary/aromatic N) is 4. The molecule has 0 spiro atoms. The molecule has 0 amide bonds. The molecule has 2 rings (SSSR count). The van der Waals surface area contributed by atoms with Crippen molar-refractivity contribution in [2.45, 2.75) is 32.2 Å². The SMILES string of the molecule is CCCCC(CN)n1cncc1-c1cnn(C)c1. The van der Waals surface area contributed by atoms with Crippen LogP contribution in [0.3, 0.4) is 0 Å². The molecule has 0 aliphatic rings. The second kappa shape index (κ2) is 5.82. The Morgan fingerprint density at radius 2 is 2.22 bits per heavy atom. The highest BCUT2D eigenvalue weighted by atomic mass is 15.2. The van der Waals surface area contributed by atoms with Gasteiger partial charge in [0.15, 0.2) is 0 Å². The Bertz CT molecular complexity index is 485. The number of nitrogens with two attached hydrogens (primary N) is 1. The van der Waals surface area contributed by atoms with Crippen molar-refractivity contribution in [1.29, 1.82) is 0 Å². The van der Waals surface area contributed by atoms with Crippen molar-refractivity contribution in [3.8, 4) is 11.3 Å². The van der Waals surface area contributed by atoms with Crippen molar-refractivity contribution in [2.75, 3.05) is 6.54 Å². The zero-order valence-electron chi connectivity index (χ0n) is 11.1. The fraction of sp³-hybridized carbons (Fsp3) is 0.538. The van der Waals surface area contributed by atoms with E-state index in [1.165, 1.54) is 12.8 Å². The molecule has 2 aromatic rings. The van der Waals surface area contributed by atoms with Gasteiger partial charge < -0.3 is 10.3 Å². The molecule has 2 N–H and O–H groups in total. The molecule has 2 aromatic heterocycles. The van der Waals surface area contributed by atoms with Crippen molar-refractivity contribution in [3.63, 3.8) is 0 Å². The Balaban J connectivity index is 2.25. The van der Waals surface area contributed by atoms with Gasteiger partial charge in [-0.15, -0.1) is 0 Å². The lowest BCUT2D eigenvalue weighted by atomic mass is 10.1. The summed E-state index contributed by atoms with van der Waals surface area (Å²) in [5.41, 5.74) is 8.07. The second-order valence-electron chi connectivity index (χ2n) is 4.62. The average molecular weight is 247 g/mol. The fourth-order valence-corrected chi connectivity index (χ4v) is 2.18. The van der Waals surface area contributed by atoms with E-state index < -0.39 is 0 Å². The highest BCUT2D eigenvalue weighted by molar-refractivity contribution is 5.56. The van der Waals surface area contributed by atoms with Crippen LogP contribution in [0.15, 0.2) is 24.9 Å². The Kier molecular flexibility index (Phi) is 4.15. The lowest BCUT2D eigenvalue weighted by Gasteiger charge is -2.18. The molecule has 1 atom stereocenters. The Hall–Kier alpha value is -1.62. The third-order valence-electron chi connectivity index (χ3n) is 3.22. The molecule has 0 aromatic carbocycles. The number of aryl methyl sites for hydroxylation is 1. The van der Waals surface area contributed by atoms with Gasteiger partial charge in [0.1, 0.15) is 0 Å². The number of aromatic nitrogens is 4. The van der Waals surface area contributed by atoms with E-state index in [0.717, 1.165) is 17.7 Å². The van der Waals surface area contributed by atoms with Gasteiger partial charge in [0.25, 0.3) is 0 Å². The minimum Gasteiger partial charge on any atom is -0.328 e. The molecule has 0 aliphatic carbocycles. The largest absolute Gasteiger partial charge is 0.328 e. The Morgan fingerprint density at radius 1 is 1.39 bits per heavy atom. The average Bonchev–Trinajstić information content (AvgIpc) is 2.99. The summed E-state index contributed by atoms with van der Waals surface area (Å²) in [5.74, 6) is 0. The van der Waals surface area contributed by atoms with Gasteiger partial charge >= 0.3 is 0 Å². The lowest BCUT2D eigenvalue weighted by Crippen LogP contribution is -2.19. The molecule has 0 bridgehead atoms. The first-order valence-electron chi connectivity index (χ1n) is 6.47. The fourth-order valence-electron chi connectivity index (χ4n) is 2.18. The standard InChI is InChI=1S/C13H21N5/c1-3-4-5-12(6-14)18-10-15-8-13(18)11-7-16-17(2)9-11/h7-10,12H,3-6,14H2,1-2H3. The third-order valence-corrected chi connectivity index (χ3v) is 3.22. The molecule has 0 fully saturated rings. The van der Waals surface area contributed by atoms with Gasteiger partial charge in [0.2, 0.25) is 0 Å². The molecule has 0 saturated heterocycles. The monoisotopic (exact) mass is 247 g/mol. The van der Waals surface area contributed by atoms with Crippen LogP contribution in [0.1, 0.15) is 32.2 Å². The summed E-state index contributed by atoms with van der Waals surface area (Å²) in [6, 6.07) is 0.322. The van der Waals surface area contributed by atoms with Crippen LogP contribution in [0, 0.1) is 0 Å². The summed E-state index contributed by atoms with van der Waals surface area (Å²) in [6.45, 7) is 2.84. The lowest BCUT2D eigenvalue weighted by molar-refractivity contribution is 0.461. The molecule has 0 saturated carbocycles. The first-order valence-corrected chi connectivity index (χ1v) is 6.47. The first kappa shape index (κ1) is 12.8. The maximum atomic E-state index is 5.89. The van der Waals surface area contributed by atoms with E-state index in [9.17, 15) is 0 Å². The second-order valence-corrected chi connectivity index (χ2v) is 4.62. The Labute approximate surface area is 108 Å². The van der Waals surface area contributed by atoms with Gasteiger partial charge in [0, 0.05) is 31.4 Å². The van der Waals surface area contributed by atoms with Gasteiger partial charge in [-0.3, -0.25) is 4.68 Å². The topological polar surface area (TPSA) is 61.7 Å². The molecule has 0 radical (unpaired) electrons. The van der Waals surface area contributed by atoms with E-state index in [1.54, 1.807) is 4.68 Å². The predicted molar refractivity (Wildman–Crippen MR) is 72.0 cm³/mol. The minimum atomic E-state index is 0.322. The van der Waals surface area contributed by atoms with Gasteiger partial charge in [-0.05, 0) is 6.42 Å². The van der Waals surface area contributed by atoms with E-state index in [-0.39, 0.29) is 0 Å². The summed E-state index contributed by atoms with van der Waals surface area (Å²) in [5, 5.41) is 4.21. The number of rotatable bonds is 6. The molecular formula is C13H21N5. The highest BCUT2D eigenvalue weighted by Crippen LogP contribution is 2.24. The van der Waals surface area contributed by atoms with Crippen LogP contribution in [0.4, 0.5) is 0 Å². The number of hydrogen-bond donors (Lipinski definition) is 1. The van der Waals surface area contributed by atoms with Crippen molar-refractivity contribution >= 4 is 0 Å². The van der Waals surface area contributed by atoms with Crippen molar-refractivity contribution in [1.82, 2.24) is 19.3 Å². The van der Waals surface area contributed by atoms with E-state index in [0.29, 0.717) is 12.6 Å². The van der Waals surface area contributed by atoms with Crippen LogP contribution < -0.4 is 5.73 Å². The van der Waals surface area contributed by atoms with E-state index in [4.69, 9.17) is 5.73 Å². The van der Waals surface area contributed by atoms with Gasteiger partial charge in [-0.2, -0.15) is 5.10 Å². The zero-order chi connectivity index (χ0) is 13.0. The van der Waals surface area contributed by atoms with Crippen LogP contribution in [0.2, 0.25) is 0 Å². The number of hydrogen-bond acceptors (Lipinski definition) is 3. The predicted octanol–water partition coefficient (Wildman–Crippen LogP) is 1.97. The molecule has 1 unspecified atom stereocenters. The summed E-state index contributed by atoms with van der Waals surface area (Å²) in [4.78, 5) is 4.26. The molecule has 0 aliphatic heterocycles. The minimum absolute atomic E-state index is 0.322.